The van der Waals surface area contributed by atoms with E-state index < -0.39 is 12.7 Å². The molecule has 1 aromatic rings. The van der Waals surface area contributed by atoms with Crippen LogP contribution in [0.4, 0.5) is 13.2 Å². The molecule has 0 aliphatic carbocycles. The third-order valence-electron chi connectivity index (χ3n) is 2.67. The summed E-state index contributed by atoms with van der Waals surface area (Å²) in [5, 5.41) is 10.7. The maximum Gasteiger partial charge on any atom is 0.401 e. The summed E-state index contributed by atoms with van der Waals surface area (Å²) in [5.41, 5.74) is 0.773. The Balaban J connectivity index is 2.51. The summed E-state index contributed by atoms with van der Waals surface area (Å²) in [5.74, 6) is 0. The molecule has 19 heavy (non-hydrogen) atoms. The SMILES string of the molecule is CNCc1cn(CCN(CC(F)(F)F)C(C)C)nn1. The minimum absolute atomic E-state index is 0.165. The second-order valence-electron chi connectivity index (χ2n) is 4.68. The van der Waals surface area contributed by atoms with Crippen molar-refractivity contribution in [1.82, 2.24) is 25.2 Å². The molecule has 0 fully saturated rings. The zero-order chi connectivity index (χ0) is 14.5. The van der Waals surface area contributed by atoms with Gasteiger partial charge in [-0.25, -0.2) is 0 Å². The Morgan fingerprint density at radius 2 is 2.11 bits per heavy atom. The van der Waals surface area contributed by atoms with E-state index in [1.165, 1.54) is 4.90 Å². The topological polar surface area (TPSA) is 46.0 Å². The highest BCUT2D eigenvalue weighted by molar-refractivity contribution is 4.91. The van der Waals surface area contributed by atoms with Gasteiger partial charge in [0.05, 0.1) is 18.8 Å². The summed E-state index contributed by atoms with van der Waals surface area (Å²) in [6, 6.07) is -0.165. The molecule has 0 saturated heterocycles. The molecule has 0 spiro atoms. The van der Waals surface area contributed by atoms with Crippen molar-refractivity contribution in [2.24, 2.45) is 0 Å². The maximum atomic E-state index is 12.4. The van der Waals surface area contributed by atoms with Crippen LogP contribution in [-0.4, -0.2) is 52.2 Å². The van der Waals surface area contributed by atoms with Gasteiger partial charge in [0, 0.05) is 25.3 Å². The van der Waals surface area contributed by atoms with Gasteiger partial charge in [0.2, 0.25) is 0 Å². The lowest BCUT2D eigenvalue weighted by atomic mass is 10.3. The third kappa shape index (κ3) is 6.02. The van der Waals surface area contributed by atoms with Crippen LogP contribution in [0.15, 0.2) is 6.20 Å². The number of halogens is 3. The molecule has 1 rings (SSSR count). The molecule has 1 heterocycles. The van der Waals surface area contributed by atoms with E-state index in [1.54, 1.807) is 31.8 Å². The Bertz CT molecular complexity index is 375. The minimum Gasteiger partial charge on any atom is -0.314 e. The van der Waals surface area contributed by atoms with Crippen LogP contribution in [0.1, 0.15) is 19.5 Å². The fraction of sp³-hybridized carbons (Fsp3) is 0.818. The van der Waals surface area contributed by atoms with E-state index in [9.17, 15) is 13.2 Å². The molecule has 0 amide bonds. The lowest BCUT2D eigenvalue weighted by Gasteiger charge is -2.27. The quantitative estimate of drug-likeness (QED) is 0.816. The van der Waals surface area contributed by atoms with Gasteiger partial charge < -0.3 is 5.32 Å². The number of hydrogen-bond acceptors (Lipinski definition) is 4. The summed E-state index contributed by atoms with van der Waals surface area (Å²) in [7, 11) is 1.79. The number of rotatable bonds is 7. The highest BCUT2D eigenvalue weighted by Crippen LogP contribution is 2.17. The first-order valence-electron chi connectivity index (χ1n) is 6.16. The lowest BCUT2D eigenvalue weighted by Crippen LogP contribution is -2.40. The van der Waals surface area contributed by atoms with Gasteiger partial charge in [-0.05, 0) is 20.9 Å². The first-order valence-corrected chi connectivity index (χ1v) is 6.16. The Labute approximate surface area is 110 Å². The summed E-state index contributed by atoms with van der Waals surface area (Å²) in [4.78, 5) is 1.37. The number of nitrogens with one attached hydrogen (secondary N) is 1. The molecular weight excluding hydrogens is 259 g/mol. The van der Waals surface area contributed by atoms with Crippen molar-refractivity contribution in [3.8, 4) is 0 Å². The van der Waals surface area contributed by atoms with E-state index in [0.29, 0.717) is 19.6 Å². The fourth-order valence-electron chi connectivity index (χ4n) is 1.69. The van der Waals surface area contributed by atoms with Crippen molar-refractivity contribution in [3.05, 3.63) is 11.9 Å². The molecule has 0 saturated carbocycles. The third-order valence-corrected chi connectivity index (χ3v) is 2.67. The predicted molar refractivity (Wildman–Crippen MR) is 65.5 cm³/mol. The van der Waals surface area contributed by atoms with Crippen LogP contribution in [0.2, 0.25) is 0 Å². The Kier molecular flexibility index (Phi) is 5.74. The monoisotopic (exact) mass is 279 g/mol. The maximum absolute atomic E-state index is 12.4. The Hall–Kier alpha value is -1.15. The summed E-state index contributed by atoms with van der Waals surface area (Å²) in [6.07, 6.45) is -2.44. The smallest absolute Gasteiger partial charge is 0.314 e. The zero-order valence-electron chi connectivity index (χ0n) is 11.4. The van der Waals surface area contributed by atoms with Crippen LogP contribution < -0.4 is 5.32 Å². The summed E-state index contributed by atoms with van der Waals surface area (Å²) < 4.78 is 38.8. The predicted octanol–water partition coefficient (Wildman–Crippen LogP) is 1.27. The molecular formula is C11H20F3N5. The molecule has 110 valence electrons. The van der Waals surface area contributed by atoms with E-state index in [2.05, 4.69) is 15.6 Å². The van der Waals surface area contributed by atoms with E-state index in [-0.39, 0.29) is 6.04 Å². The van der Waals surface area contributed by atoms with Crippen molar-refractivity contribution in [2.45, 2.75) is 39.2 Å². The first kappa shape index (κ1) is 15.9. The average Bonchev–Trinajstić information content (AvgIpc) is 2.71. The van der Waals surface area contributed by atoms with Gasteiger partial charge in [-0.1, -0.05) is 5.21 Å². The average molecular weight is 279 g/mol. The normalized spacial score (nSPS) is 12.6. The van der Waals surface area contributed by atoms with Crippen molar-refractivity contribution >= 4 is 0 Å². The van der Waals surface area contributed by atoms with E-state index in [1.807, 2.05) is 0 Å². The van der Waals surface area contributed by atoms with Gasteiger partial charge in [0.1, 0.15) is 0 Å². The zero-order valence-corrected chi connectivity index (χ0v) is 11.4. The van der Waals surface area contributed by atoms with Crippen LogP contribution in [0.5, 0.6) is 0 Å². The molecule has 8 heteroatoms. The van der Waals surface area contributed by atoms with Crippen molar-refractivity contribution in [1.29, 1.82) is 0 Å². The highest BCUT2D eigenvalue weighted by Gasteiger charge is 2.31. The minimum atomic E-state index is -4.18. The fourth-order valence-corrected chi connectivity index (χ4v) is 1.69. The van der Waals surface area contributed by atoms with E-state index >= 15 is 0 Å². The summed E-state index contributed by atoms with van der Waals surface area (Å²) in [6.45, 7) is 3.88. The first-order chi connectivity index (χ1) is 8.81. The summed E-state index contributed by atoms with van der Waals surface area (Å²) >= 11 is 0. The van der Waals surface area contributed by atoms with Gasteiger partial charge in [-0.2, -0.15) is 13.2 Å². The molecule has 1 N–H and O–H groups in total. The Morgan fingerprint density at radius 3 is 2.63 bits per heavy atom. The molecule has 0 aliphatic rings. The van der Waals surface area contributed by atoms with E-state index in [4.69, 9.17) is 0 Å². The molecule has 0 atom stereocenters. The lowest BCUT2D eigenvalue weighted by molar-refractivity contribution is -0.149. The molecule has 0 unspecified atom stereocenters. The molecule has 0 radical (unpaired) electrons. The van der Waals surface area contributed by atoms with Crippen LogP contribution in [0.3, 0.4) is 0 Å². The van der Waals surface area contributed by atoms with Gasteiger partial charge in [-0.3, -0.25) is 9.58 Å². The molecule has 1 aromatic heterocycles. The number of nitrogens with zero attached hydrogens (tertiary/aromatic N) is 4. The Morgan fingerprint density at radius 1 is 1.42 bits per heavy atom. The van der Waals surface area contributed by atoms with Crippen LogP contribution >= 0.6 is 0 Å². The van der Waals surface area contributed by atoms with Crippen LogP contribution in [-0.2, 0) is 13.1 Å². The van der Waals surface area contributed by atoms with Crippen LogP contribution in [0.25, 0.3) is 0 Å². The largest absolute Gasteiger partial charge is 0.401 e. The van der Waals surface area contributed by atoms with Gasteiger partial charge in [0.15, 0.2) is 0 Å². The number of hydrogen-bond donors (Lipinski definition) is 1. The second kappa shape index (κ2) is 6.85. The van der Waals surface area contributed by atoms with Gasteiger partial charge >= 0.3 is 6.18 Å². The number of alkyl halides is 3. The van der Waals surface area contributed by atoms with Crippen molar-refractivity contribution in [3.63, 3.8) is 0 Å². The van der Waals surface area contributed by atoms with Crippen molar-refractivity contribution < 1.29 is 13.2 Å². The molecule has 0 bridgehead atoms. The number of aromatic nitrogens is 3. The second-order valence-corrected chi connectivity index (χ2v) is 4.68. The van der Waals surface area contributed by atoms with Gasteiger partial charge in [0.25, 0.3) is 0 Å². The van der Waals surface area contributed by atoms with Crippen LogP contribution in [0, 0.1) is 0 Å². The molecule has 0 aromatic carbocycles. The van der Waals surface area contributed by atoms with Crippen molar-refractivity contribution in [2.75, 3.05) is 20.1 Å². The van der Waals surface area contributed by atoms with Gasteiger partial charge in [-0.15, -0.1) is 5.10 Å². The highest BCUT2D eigenvalue weighted by atomic mass is 19.4. The molecule has 0 aliphatic heterocycles. The van der Waals surface area contributed by atoms with E-state index in [0.717, 1.165) is 5.69 Å². The molecule has 5 nitrogen and oxygen atoms in total. The standard InChI is InChI=1S/C11H20F3N5/c1-9(2)18(8-11(12,13)14)4-5-19-7-10(6-15-3)16-17-19/h7,9,15H,4-6,8H2,1-3H3.